The summed E-state index contributed by atoms with van der Waals surface area (Å²) in [5.41, 5.74) is 7.17. The van der Waals surface area contributed by atoms with Crippen molar-refractivity contribution in [2.75, 3.05) is 0 Å². The van der Waals surface area contributed by atoms with Gasteiger partial charge in [0.2, 0.25) is 0 Å². The third-order valence-corrected chi connectivity index (χ3v) is 11.2. The van der Waals surface area contributed by atoms with Crippen LogP contribution in [0.4, 0.5) is 0 Å². The van der Waals surface area contributed by atoms with Gasteiger partial charge in [-0.15, -0.1) is 0 Å². The molecule has 10 unspecified atom stereocenters. The summed E-state index contributed by atoms with van der Waals surface area (Å²) >= 11 is 0. The second-order valence-electron chi connectivity index (χ2n) is 12.9. The van der Waals surface area contributed by atoms with E-state index in [9.17, 15) is 10.2 Å². The van der Waals surface area contributed by atoms with E-state index in [-0.39, 0.29) is 11.5 Å². The maximum Gasteiger partial charge on any atom is 0.0955 e. The first-order chi connectivity index (χ1) is 14.1. The second kappa shape index (κ2) is 8.34. The quantitative estimate of drug-likeness (QED) is 0.561. The highest BCUT2D eigenvalue weighted by Gasteiger charge is 2.63. The maximum atomic E-state index is 10.6. The number of nitrogens with two attached hydrogens (primary N) is 1. The van der Waals surface area contributed by atoms with Crippen molar-refractivity contribution in [1.29, 1.82) is 0 Å². The van der Waals surface area contributed by atoms with E-state index >= 15 is 0 Å². The number of aliphatic hydroxyl groups excluding tert-OH is 2. The molecule has 0 radical (unpaired) electrons. The average molecular weight is 420 g/mol. The Balaban J connectivity index is 1.51. The summed E-state index contributed by atoms with van der Waals surface area (Å²) in [7, 11) is 0. The van der Waals surface area contributed by atoms with Crippen LogP contribution in [0.3, 0.4) is 0 Å². The second-order valence-corrected chi connectivity index (χ2v) is 12.9. The number of rotatable bonds is 5. The average Bonchev–Trinajstić information content (AvgIpc) is 3.04. The lowest BCUT2D eigenvalue weighted by Gasteiger charge is -2.63. The molecule has 4 aliphatic rings. The van der Waals surface area contributed by atoms with E-state index in [2.05, 4.69) is 34.6 Å². The van der Waals surface area contributed by atoms with Gasteiger partial charge < -0.3 is 15.9 Å². The van der Waals surface area contributed by atoms with Gasteiger partial charge in [0.15, 0.2) is 0 Å². The van der Waals surface area contributed by atoms with Gasteiger partial charge in [0.25, 0.3) is 0 Å². The maximum absolute atomic E-state index is 10.6. The van der Waals surface area contributed by atoms with Crippen molar-refractivity contribution >= 4 is 0 Å². The predicted octanol–water partition coefficient (Wildman–Crippen LogP) is 5.38. The van der Waals surface area contributed by atoms with Gasteiger partial charge in [0, 0.05) is 6.04 Å². The number of aliphatic hydroxyl groups is 2. The highest BCUT2D eigenvalue weighted by Crippen LogP contribution is 2.68. The van der Waals surface area contributed by atoms with Gasteiger partial charge in [-0.05, 0) is 97.2 Å². The molecule has 0 aromatic carbocycles. The third kappa shape index (κ3) is 3.50. The van der Waals surface area contributed by atoms with Gasteiger partial charge in [-0.1, -0.05) is 53.9 Å². The first-order valence-corrected chi connectivity index (χ1v) is 13.2. The van der Waals surface area contributed by atoms with Crippen molar-refractivity contribution in [2.45, 2.75) is 117 Å². The minimum atomic E-state index is -0.754. The van der Waals surface area contributed by atoms with E-state index in [0.717, 1.165) is 36.0 Å². The summed E-state index contributed by atoms with van der Waals surface area (Å²) in [6, 6.07) is -0.282. The van der Waals surface area contributed by atoms with E-state index in [4.69, 9.17) is 5.73 Å². The number of hydrogen-bond acceptors (Lipinski definition) is 3. The fraction of sp³-hybridized carbons (Fsp3) is 1.00. The summed E-state index contributed by atoms with van der Waals surface area (Å²) in [6.07, 6.45) is 11.4. The molecule has 4 rings (SSSR count). The van der Waals surface area contributed by atoms with Crippen LogP contribution in [0.2, 0.25) is 0 Å². The fourth-order valence-corrected chi connectivity index (χ4v) is 9.42. The molecule has 4 saturated carbocycles. The van der Waals surface area contributed by atoms with Crippen molar-refractivity contribution in [2.24, 2.45) is 58.0 Å². The smallest absolute Gasteiger partial charge is 0.0955 e. The summed E-state index contributed by atoms with van der Waals surface area (Å²) in [5.74, 6) is 5.26. The van der Waals surface area contributed by atoms with E-state index < -0.39 is 12.2 Å². The van der Waals surface area contributed by atoms with Crippen molar-refractivity contribution in [3.8, 4) is 0 Å². The molecule has 0 aliphatic heterocycles. The lowest BCUT2D eigenvalue weighted by Crippen LogP contribution is -2.66. The normalized spacial score (nSPS) is 51.9. The van der Waals surface area contributed by atoms with Gasteiger partial charge in [-0.3, -0.25) is 0 Å². The zero-order valence-corrected chi connectivity index (χ0v) is 20.3. The molecule has 3 heteroatoms. The molecule has 11 atom stereocenters. The van der Waals surface area contributed by atoms with Crippen LogP contribution < -0.4 is 5.73 Å². The topological polar surface area (TPSA) is 66.5 Å². The summed E-state index contributed by atoms with van der Waals surface area (Å²) in [4.78, 5) is 0. The molecule has 0 amide bonds. The van der Waals surface area contributed by atoms with E-state index in [0.29, 0.717) is 17.3 Å². The molecule has 174 valence electrons. The molecule has 0 saturated heterocycles. The molecule has 0 spiro atoms. The van der Waals surface area contributed by atoms with E-state index in [1.807, 2.05) is 0 Å². The highest BCUT2D eigenvalue weighted by molar-refractivity contribution is 5.14. The molecule has 0 bridgehead atoms. The molecule has 4 N–H and O–H groups in total. The first-order valence-electron chi connectivity index (χ1n) is 13.2. The Morgan fingerprint density at radius 2 is 1.67 bits per heavy atom. The molecule has 4 aliphatic carbocycles. The Hall–Kier alpha value is -0.120. The molecule has 0 aromatic heterocycles. The van der Waals surface area contributed by atoms with Crippen LogP contribution in [0.25, 0.3) is 0 Å². The molecule has 3 nitrogen and oxygen atoms in total. The molecule has 30 heavy (non-hydrogen) atoms. The SMILES string of the molecule is CC(C)CCCC(C)C1CCC2C3CCC4CC(O)C(O)[C@H](N)C4(C)C3CCC12C. The van der Waals surface area contributed by atoms with Gasteiger partial charge in [-0.2, -0.15) is 0 Å². The van der Waals surface area contributed by atoms with Crippen LogP contribution in [-0.2, 0) is 0 Å². The Morgan fingerprint density at radius 1 is 0.933 bits per heavy atom. The molecule has 4 fully saturated rings. The van der Waals surface area contributed by atoms with Gasteiger partial charge >= 0.3 is 0 Å². The van der Waals surface area contributed by atoms with Crippen molar-refractivity contribution in [3.63, 3.8) is 0 Å². The Labute approximate surface area is 185 Å². The first kappa shape index (κ1) is 23.1. The van der Waals surface area contributed by atoms with Gasteiger partial charge in [0.1, 0.15) is 0 Å². The minimum absolute atomic E-state index is 0.0101. The summed E-state index contributed by atoms with van der Waals surface area (Å²) in [5, 5.41) is 21.0. The van der Waals surface area contributed by atoms with Crippen molar-refractivity contribution in [3.05, 3.63) is 0 Å². The molecule has 0 heterocycles. The van der Waals surface area contributed by atoms with Crippen LogP contribution in [0.15, 0.2) is 0 Å². The number of hydrogen-bond donors (Lipinski definition) is 3. The number of fused-ring (bicyclic) bond motifs is 5. The van der Waals surface area contributed by atoms with Crippen LogP contribution in [0.5, 0.6) is 0 Å². The van der Waals surface area contributed by atoms with Crippen LogP contribution in [0.1, 0.15) is 98.8 Å². The van der Waals surface area contributed by atoms with Gasteiger partial charge in [0.05, 0.1) is 12.2 Å². The predicted molar refractivity (Wildman–Crippen MR) is 124 cm³/mol. The lowest BCUT2D eigenvalue weighted by atomic mass is 9.43. The summed E-state index contributed by atoms with van der Waals surface area (Å²) in [6.45, 7) is 12.2. The zero-order chi connectivity index (χ0) is 21.8. The van der Waals surface area contributed by atoms with E-state index in [1.54, 1.807) is 0 Å². The minimum Gasteiger partial charge on any atom is -0.390 e. The standard InChI is InChI=1S/C27H49NO2/c1-16(2)7-6-8-17(3)20-11-12-21-19-10-9-18-15-23(29)24(30)25(28)27(18,5)22(19)13-14-26(20,21)4/h16-25,29-30H,6-15,28H2,1-5H3/t17?,18?,19?,20?,21?,22?,23?,24?,25-,26?,27?/m0/s1. The summed E-state index contributed by atoms with van der Waals surface area (Å²) < 4.78 is 0. The Kier molecular flexibility index (Phi) is 6.41. The third-order valence-electron chi connectivity index (χ3n) is 11.2. The fourth-order valence-electron chi connectivity index (χ4n) is 9.42. The zero-order valence-electron chi connectivity index (χ0n) is 20.3. The Bertz CT molecular complexity index is 604. The molecule has 0 aromatic rings. The van der Waals surface area contributed by atoms with Crippen LogP contribution >= 0.6 is 0 Å². The molecular formula is C27H49NO2. The van der Waals surface area contributed by atoms with E-state index in [1.165, 1.54) is 57.8 Å². The van der Waals surface area contributed by atoms with Crippen molar-refractivity contribution in [1.82, 2.24) is 0 Å². The Morgan fingerprint density at radius 3 is 2.37 bits per heavy atom. The van der Waals surface area contributed by atoms with Gasteiger partial charge in [-0.25, -0.2) is 0 Å². The van der Waals surface area contributed by atoms with Crippen LogP contribution in [0, 0.1) is 52.3 Å². The highest BCUT2D eigenvalue weighted by atomic mass is 16.3. The lowest BCUT2D eigenvalue weighted by molar-refractivity contribution is -0.172. The monoisotopic (exact) mass is 419 g/mol. The molecular weight excluding hydrogens is 370 g/mol. The van der Waals surface area contributed by atoms with Crippen molar-refractivity contribution < 1.29 is 10.2 Å². The largest absolute Gasteiger partial charge is 0.390 e. The van der Waals surface area contributed by atoms with Crippen LogP contribution in [-0.4, -0.2) is 28.5 Å².